The summed E-state index contributed by atoms with van der Waals surface area (Å²) in [6, 6.07) is 14.3. The van der Waals surface area contributed by atoms with Gasteiger partial charge in [0.15, 0.2) is 5.78 Å². The lowest BCUT2D eigenvalue weighted by Gasteiger charge is -1.97. The number of carbonyl (C=O) groups is 2. The Morgan fingerprint density at radius 3 is 2.27 bits per heavy atom. The van der Waals surface area contributed by atoms with Crippen LogP contribution in [-0.2, 0) is 4.79 Å². The lowest BCUT2D eigenvalue weighted by Crippen LogP contribution is -2.08. The molecule has 0 saturated carbocycles. The molecule has 22 heavy (non-hydrogen) atoms. The monoisotopic (exact) mass is 402 g/mol. The summed E-state index contributed by atoms with van der Waals surface area (Å²) < 4.78 is 1.10. The van der Waals surface area contributed by atoms with Crippen molar-refractivity contribution in [1.29, 1.82) is 0 Å². The van der Waals surface area contributed by atoms with Crippen molar-refractivity contribution in [3.63, 3.8) is 0 Å². The number of Topliss-reactive ketones (excluding diaryl/α,β-unsaturated/α-hetero) is 1. The van der Waals surface area contributed by atoms with Crippen molar-refractivity contribution in [1.82, 2.24) is 0 Å². The molecule has 108 valence electrons. The van der Waals surface area contributed by atoms with Gasteiger partial charge in [-0.3, -0.25) is 9.59 Å². The fourth-order valence-corrected chi connectivity index (χ4v) is 2.68. The summed E-state index contributed by atoms with van der Waals surface area (Å²) >= 11 is 2.20. The van der Waals surface area contributed by atoms with E-state index in [1.165, 1.54) is 6.08 Å². The summed E-state index contributed by atoms with van der Waals surface area (Å²) in [4.78, 5) is 24.5. The fourth-order valence-electron chi connectivity index (χ4n) is 2.32. The van der Waals surface area contributed by atoms with Crippen LogP contribution >= 0.6 is 22.6 Å². The van der Waals surface area contributed by atoms with E-state index in [0.29, 0.717) is 11.1 Å². The van der Waals surface area contributed by atoms with E-state index < -0.39 is 11.6 Å². The number of hydrogen-bond donors (Lipinski definition) is 1. The van der Waals surface area contributed by atoms with Crippen molar-refractivity contribution in [2.24, 2.45) is 0 Å². The molecular formula is C18H11IO3. The average Bonchev–Trinajstić information content (AvgIpc) is 2.79. The summed E-state index contributed by atoms with van der Waals surface area (Å²) in [6.45, 7) is 0. The zero-order valence-corrected chi connectivity index (χ0v) is 13.6. The number of halogens is 1. The minimum Gasteiger partial charge on any atom is -0.506 e. The van der Waals surface area contributed by atoms with Crippen molar-refractivity contribution in [2.75, 3.05) is 0 Å². The van der Waals surface area contributed by atoms with Gasteiger partial charge in [0, 0.05) is 14.7 Å². The van der Waals surface area contributed by atoms with Crippen LogP contribution in [0.25, 0.3) is 11.8 Å². The molecule has 4 heteroatoms. The molecule has 3 rings (SSSR count). The molecule has 0 spiro atoms. The van der Waals surface area contributed by atoms with E-state index in [2.05, 4.69) is 22.6 Å². The number of fused-ring (bicyclic) bond motifs is 1. The Hall–Kier alpha value is -2.21. The molecule has 1 aliphatic rings. The second-order valence-electron chi connectivity index (χ2n) is 4.85. The largest absolute Gasteiger partial charge is 0.506 e. The summed E-state index contributed by atoms with van der Waals surface area (Å²) in [5.41, 5.74) is 1.48. The van der Waals surface area contributed by atoms with E-state index in [-0.39, 0.29) is 11.3 Å². The zero-order chi connectivity index (χ0) is 15.7. The van der Waals surface area contributed by atoms with Crippen LogP contribution in [0.1, 0.15) is 21.5 Å². The number of benzene rings is 2. The highest BCUT2D eigenvalue weighted by Crippen LogP contribution is 2.31. The Balaban J connectivity index is 1.89. The molecule has 0 aromatic heterocycles. The zero-order valence-electron chi connectivity index (χ0n) is 11.4. The van der Waals surface area contributed by atoms with Crippen molar-refractivity contribution < 1.29 is 14.7 Å². The molecule has 0 amide bonds. The Labute approximate surface area is 141 Å². The molecule has 0 unspecified atom stereocenters. The second-order valence-corrected chi connectivity index (χ2v) is 6.09. The van der Waals surface area contributed by atoms with Gasteiger partial charge in [0.05, 0.1) is 0 Å². The molecule has 0 atom stereocenters. The Bertz CT molecular complexity index is 830. The number of aliphatic hydroxyl groups excluding tert-OH is 1. The van der Waals surface area contributed by atoms with E-state index >= 15 is 0 Å². The van der Waals surface area contributed by atoms with Gasteiger partial charge in [-0.05, 0) is 46.4 Å². The van der Waals surface area contributed by atoms with Gasteiger partial charge in [0.1, 0.15) is 11.3 Å². The normalized spacial score (nSPS) is 13.8. The van der Waals surface area contributed by atoms with Gasteiger partial charge >= 0.3 is 0 Å². The van der Waals surface area contributed by atoms with Crippen LogP contribution in [0.5, 0.6) is 0 Å². The Kier molecular flexibility index (Phi) is 3.94. The topological polar surface area (TPSA) is 54.4 Å². The van der Waals surface area contributed by atoms with Crippen LogP contribution in [0.3, 0.4) is 0 Å². The van der Waals surface area contributed by atoms with Crippen molar-refractivity contribution in [3.05, 3.63) is 80.4 Å². The van der Waals surface area contributed by atoms with Gasteiger partial charge < -0.3 is 5.11 Å². The molecular weight excluding hydrogens is 391 g/mol. The first-order chi connectivity index (χ1) is 10.6. The van der Waals surface area contributed by atoms with Crippen molar-refractivity contribution in [3.8, 4) is 0 Å². The maximum Gasteiger partial charge on any atom is 0.201 e. The van der Waals surface area contributed by atoms with Gasteiger partial charge in [-0.25, -0.2) is 0 Å². The fraction of sp³-hybridized carbons (Fsp3) is 0. The molecule has 0 aliphatic heterocycles. The number of hydrogen-bond acceptors (Lipinski definition) is 3. The van der Waals surface area contributed by atoms with Crippen LogP contribution in [-0.4, -0.2) is 16.7 Å². The third kappa shape index (κ3) is 2.62. The average molecular weight is 402 g/mol. The third-order valence-electron chi connectivity index (χ3n) is 3.43. The lowest BCUT2D eigenvalue weighted by molar-refractivity contribution is -0.110. The predicted molar refractivity (Wildman–Crippen MR) is 93.5 cm³/mol. The van der Waals surface area contributed by atoms with Crippen LogP contribution in [0, 0.1) is 3.57 Å². The van der Waals surface area contributed by atoms with E-state index in [9.17, 15) is 14.7 Å². The van der Waals surface area contributed by atoms with Gasteiger partial charge in [0.2, 0.25) is 5.78 Å². The van der Waals surface area contributed by atoms with Crippen LogP contribution in [0.2, 0.25) is 0 Å². The highest BCUT2D eigenvalue weighted by Gasteiger charge is 2.32. The maximum atomic E-state index is 12.2. The first kappa shape index (κ1) is 14.7. The van der Waals surface area contributed by atoms with E-state index in [1.54, 1.807) is 30.3 Å². The number of allylic oxidation sites excluding steroid dienone is 2. The standard InChI is InChI=1S/C18H11IO3/c19-12-8-5-11(6-9-12)7-10-15(20)16-17(21)13-3-1-2-4-14(13)18(16)22/h1-10,21H. The van der Waals surface area contributed by atoms with Crippen molar-refractivity contribution >= 4 is 46.0 Å². The summed E-state index contributed by atoms with van der Waals surface area (Å²) in [5.74, 6) is -1.15. The molecule has 0 radical (unpaired) electrons. The molecule has 0 heterocycles. The predicted octanol–water partition coefficient (Wildman–Crippen LogP) is 4.04. The molecule has 0 saturated heterocycles. The van der Waals surface area contributed by atoms with Gasteiger partial charge in [-0.1, -0.05) is 42.5 Å². The molecule has 2 aromatic rings. The van der Waals surface area contributed by atoms with E-state index in [1.807, 2.05) is 24.3 Å². The molecule has 3 nitrogen and oxygen atoms in total. The molecule has 2 aromatic carbocycles. The maximum absolute atomic E-state index is 12.2. The SMILES string of the molecule is O=C(C=Cc1ccc(I)cc1)C1=C(O)c2ccccc2C1=O. The molecule has 0 bridgehead atoms. The molecule has 0 fully saturated rings. The minimum atomic E-state index is -0.489. The van der Waals surface area contributed by atoms with Gasteiger partial charge in [-0.2, -0.15) is 0 Å². The van der Waals surface area contributed by atoms with Crippen LogP contribution in [0.15, 0.2) is 60.2 Å². The highest BCUT2D eigenvalue weighted by atomic mass is 127. The molecule has 1 aliphatic carbocycles. The smallest absolute Gasteiger partial charge is 0.201 e. The lowest BCUT2D eigenvalue weighted by atomic mass is 10.1. The summed E-state index contributed by atoms with van der Waals surface area (Å²) in [7, 11) is 0. The van der Waals surface area contributed by atoms with E-state index in [0.717, 1.165) is 9.13 Å². The number of carbonyl (C=O) groups excluding carboxylic acids is 2. The highest BCUT2D eigenvalue weighted by molar-refractivity contribution is 14.1. The number of ketones is 2. The first-order valence-electron chi connectivity index (χ1n) is 6.63. The molecule has 1 N–H and O–H groups in total. The van der Waals surface area contributed by atoms with Gasteiger partial charge in [-0.15, -0.1) is 0 Å². The Morgan fingerprint density at radius 1 is 1.00 bits per heavy atom. The van der Waals surface area contributed by atoms with Crippen LogP contribution in [0.4, 0.5) is 0 Å². The quantitative estimate of drug-likeness (QED) is 0.479. The summed E-state index contributed by atoms with van der Waals surface area (Å²) in [6.07, 6.45) is 2.95. The van der Waals surface area contributed by atoms with Crippen LogP contribution < -0.4 is 0 Å². The van der Waals surface area contributed by atoms with Gasteiger partial charge in [0.25, 0.3) is 0 Å². The second kappa shape index (κ2) is 5.88. The Morgan fingerprint density at radius 2 is 1.64 bits per heavy atom. The van der Waals surface area contributed by atoms with E-state index in [4.69, 9.17) is 0 Å². The first-order valence-corrected chi connectivity index (χ1v) is 7.71. The number of rotatable bonds is 3. The minimum absolute atomic E-state index is 0.164. The van der Waals surface area contributed by atoms with Crippen molar-refractivity contribution in [2.45, 2.75) is 0 Å². The third-order valence-corrected chi connectivity index (χ3v) is 4.15. The summed E-state index contributed by atoms with van der Waals surface area (Å²) in [5, 5.41) is 10.1. The number of aliphatic hydroxyl groups is 1.